The SMILES string of the molecule is CC(C)c1cccc(-n2cnc(C(C)C)c2)c1. The van der Waals surface area contributed by atoms with Crippen LogP contribution in [0.1, 0.15) is 50.8 Å². The molecule has 0 aliphatic rings. The topological polar surface area (TPSA) is 17.8 Å². The molecule has 0 N–H and O–H groups in total. The predicted octanol–water partition coefficient (Wildman–Crippen LogP) is 4.12. The van der Waals surface area contributed by atoms with Crippen LogP contribution >= 0.6 is 0 Å². The molecule has 0 saturated heterocycles. The Bertz CT molecular complexity index is 495. The molecule has 0 fully saturated rings. The number of hydrogen-bond donors (Lipinski definition) is 0. The summed E-state index contributed by atoms with van der Waals surface area (Å²) in [7, 11) is 0. The Morgan fingerprint density at radius 3 is 2.41 bits per heavy atom. The Morgan fingerprint density at radius 1 is 1.06 bits per heavy atom. The third-order valence-electron chi connectivity index (χ3n) is 3.03. The number of hydrogen-bond acceptors (Lipinski definition) is 1. The molecule has 0 aliphatic carbocycles. The second-order valence-corrected chi connectivity index (χ2v) is 5.11. The van der Waals surface area contributed by atoms with Crippen LogP contribution in [0, 0.1) is 0 Å². The Hall–Kier alpha value is -1.57. The smallest absolute Gasteiger partial charge is 0.0995 e. The largest absolute Gasteiger partial charge is 0.306 e. The zero-order valence-electron chi connectivity index (χ0n) is 11.0. The van der Waals surface area contributed by atoms with Gasteiger partial charge in [-0.3, -0.25) is 0 Å². The van der Waals surface area contributed by atoms with Crippen molar-refractivity contribution in [3.63, 3.8) is 0 Å². The number of aromatic nitrogens is 2. The molecular formula is C15H20N2. The lowest BCUT2D eigenvalue weighted by molar-refractivity contribution is 0.831. The second-order valence-electron chi connectivity index (χ2n) is 5.11. The highest BCUT2D eigenvalue weighted by molar-refractivity contribution is 5.37. The Morgan fingerprint density at radius 2 is 1.82 bits per heavy atom. The molecule has 1 heterocycles. The van der Waals surface area contributed by atoms with Gasteiger partial charge in [0.25, 0.3) is 0 Å². The van der Waals surface area contributed by atoms with E-state index in [-0.39, 0.29) is 0 Å². The van der Waals surface area contributed by atoms with Crippen molar-refractivity contribution in [3.8, 4) is 5.69 Å². The second kappa shape index (κ2) is 4.74. The van der Waals surface area contributed by atoms with Gasteiger partial charge in [-0.15, -0.1) is 0 Å². The highest BCUT2D eigenvalue weighted by atomic mass is 15.0. The third kappa shape index (κ3) is 2.57. The average Bonchev–Trinajstić information content (AvgIpc) is 2.78. The number of benzene rings is 1. The van der Waals surface area contributed by atoms with Crippen LogP contribution in [-0.4, -0.2) is 9.55 Å². The van der Waals surface area contributed by atoms with Crippen molar-refractivity contribution in [2.75, 3.05) is 0 Å². The molecule has 0 bridgehead atoms. The van der Waals surface area contributed by atoms with Gasteiger partial charge in [-0.2, -0.15) is 0 Å². The van der Waals surface area contributed by atoms with Crippen LogP contribution in [0.2, 0.25) is 0 Å². The van der Waals surface area contributed by atoms with E-state index in [1.54, 1.807) is 0 Å². The zero-order chi connectivity index (χ0) is 12.4. The summed E-state index contributed by atoms with van der Waals surface area (Å²) in [5.74, 6) is 1.03. The summed E-state index contributed by atoms with van der Waals surface area (Å²) in [5.41, 5.74) is 3.69. The van der Waals surface area contributed by atoms with Crippen molar-refractivity contribution >= 4 is 0 Å². The Labute approximate surface area is 103 Å². The zero-order valence-corrected chi connectivity index (χ0v) is 11.0. The molecular weight excluding hydrogens is 208 g/mol. The van der Waals surface area contributed by atoms with Gasteiger partial charge < -0.3 is 4.57 Å². The molecule has 2 nitrogen and oxygen atoms in total. The summed E-state index contributed by atoms with van der Waals surface area (Å²) >= 11 is 0. The maximum atomic E-state index is 4.43. The summed E-state index contributed by atoms with van der Waals surface area (Å²) in [5, 5.41) is 0. The first-order valence-electron chi connectivity index (χ1n) is 6.22. The summed E-state index contributed by atoms with van der Waals surface area (Å²) in [6.07, 6.45) is 4.01. The standard InChI is InChI=1S/C15H20N2/c1-11(2)13-6-5-7-14(8-13)17-9-15(12(3)4)16-10-17/h5-12H,1-4H3. The summed E-state index contributed by atoms with van der Waals surface area (Å²) in [4.78, 5) is 4.43. The van der Waals surface area contributed by atoms with E-state index in [1.165, 1.54) is 11.3 Å². The van der Waals surface area contributed by atoms with E-state index >= 15 is 0 Å². The quantitative estimate of drug-likeness (QED) is 0.772. The van der Waals surface area contributed by atoms with Gasteiger partial charge in [-0.25, -0.2) is 4.98 Å². The van der Waals surface area contributed by atoms with E-state index in [4.69, 9.17) is 0 Å². The fraction of sp³-hybridized carbons (Fsp3) is 0.400. The molecule has 2 heteroatoms. The molecule has 2 aromatic rings. The van der Waals surface area contributed by atoms with Gasteiger partial charge in [0.05, 0.1) is 12.0 Å². The van der Waals surface area contributed by atoms with Crippen LogP contribution in [0.3, 0.4) is 0 Å². The Balaban J connectivity index is 2.35. The van der Waals surface area contributed by atoms with Crippen LogP contribution in [0.4, 0.5) is 0 Å². The molecule has 2 rings (SSSR count). The fourth-order valence-corrected chi connectivity index (χ4v) is 1.82. The van der Waals surface area contributed by atoms with Crippen molar-refractivity contribution in [2.45, 2.75) is 39.5 Å². The predicted molar refractivity (Wildman–Crippen MR) is 71.7 cm³/mol. The van der Waals surface area contributed by atoms with E-state index in [2.05, 4.69) is 67.7 Å². The first kappa shape index (κ1) is 11.9. The van der Waals surface area contributed by atoms with E-state index in [0.717, 1.165) is 5.69 Å². The summed E-state index contributed by atoms with van der Waals surface area (Å²) in [6.45, 7) is 8.76. The van der Waals surface area contributed by atoms with Gasteiger partial charge >= 0.3 is 0 Å². The summed E-state index contributed by atoms with van der Waals surface area (Å²) < 4.78 is 2.10. The molecule has 1 aromatic heterocycles. The molecule has 1 aromatic carbocycles. The maximum Gasteiger partial charge on any atom is 0.0995 e. The van der Waals surface area contributed by atoms with E-state index in [9.17, 15) is 0 Å². The molecule has 0 radical (unpaired) electrons. The number of imidazole rings is 1. The van der Waals surface area contributed by atoms with Crippen LogP contribution in [0.5, 0.6) is 0 Å². The van der Waals surface area contributed by atoms with Crippen molar-refractivity contribution in [2.24, 2.45) is 0 Å². The van der Waals surface area contributed by atoms with Crippen LogP contribution in [0.25, 0.3) is 5.69 Å². The minimum Gasteiger partial charge on any atom is -0.306 e. The lowest BCUT2D eigenvalue weighted by Crippen LogP contribution is -1.94. The molecule has 0 amide bonds. The van der Waals surface area contributed by atoms with Crippen molar-refractivity contribution in [1.82, 2.24) is 9.55 Å². The Kier molecular flexibility index (Phi) is 3.32. The van der Waals surface area contributed by atoms with E-state index in [1.807, 2.05) is 6.33 Å². The molecule has 0 unspecified atom stereocenters. The van der Waals surface area contributed by atoms with Crippen LogP contribution < -0.4 is 0 Å². The van der Waals surface area contributed by atoms with Crippen LogP contribution in [0.15, 0.2) is 36.8 Å². The van der Waals surface area contributed by atoms with Gasteiger partial charge in [-0.05, 0) is 29.5 Å². The van der Waals surface area contributed by atoms with E-state index in [0.29, 0.717) is 11.8 Å². The van der Waals surface area contributed by atoms with Gasteiger partial charge in [0.15, 0.2) is 0 Å². The monoisotopic (exact) mass is 228 g/mol. The molecule has 0 atom stereocenters. The van der Waals surface area contributed by atoms with Crippen molar-refractivity contribution in [3.05, 3.63) is 48.0 Å². The van der Waals surface area contributed by atoms with E-state index < -0.39 is 0 Å². The average molecular weight is 228 g/mol. The highest BCUT2D eigenvalue weighted by Gasteiger charge is 2.05. The fourth-order valence-electron chi connectivity index (χ4n) is 1.82. The number of nitrogens with zero attached hydrogens (tertiary/aromatic N) is 2. The van der Waals surface area contributed by atoms with Gasteiger partial charge in [0.1, 0.15) is 0 Å². The first-order chi connectivity index (χ1) is 8.08. The van der Waals surface area contributed by atoms with Crippen molar-refractivity contribution < 1.29 is 0 Å². The summed E-state index contributed by atoms with van der Waals surface area (Å²) in [6, 6.07) is 8.64. The highest BCUT2D eigenvalue weighted by Crippen LogP contribution is 2.19. The number of rotatable bonds is 3. The minimum atomic E-state index is 0.476. The molecule has 0 saturated carbocycles. The molecule has 90 valence electrons. The van der Waals surface area contributed by atoms with Crippen molar-refractivity contribution in [1.29, 1.82) is 0 Å². The minimum absolute atomic E-state index is 0.476. The first-order valence-corrected chi connectivity index (χ1v) is 6.22. The third-order valence-corrected chi connectivity index (χ3v) is 3.03. The van der Waals surface area contributed by atoms with Gasteiger partial charge in [0.2, 0.25) is 0 Å². The molecule has 0 aliphatic heterocycles. The van der Waals surface area contributed by atoms with Gasteiger partial charge in [0, 0.05) is 11.9 Å². The normalized spacial score (nSPS) is 11.4. The lowest BCUT2D eigenvalue weighted by Gasteiger charge is -2.08. The van der Waals surface area contributed by atoms with Gasteiger partial charge in [-0.1, -0.05) is 39.8 Å². The molecule has 17 heavy (non-hydrogen) atoms. The maximum absolute atomic E-state index is 4.43. The lowest BCUT2D eigenvalue weighted by atomic mass is 10.0. The molecule has 0 spiro atoms. The van der Waals surface area contributed by atoms with Crippen LogP contribution in [-0.2, 0) is 0 Å².